The van der Waals surface area contributed by atoms with Gasteiger partial charge in [-0.05, 0) is 29.9 Å². The quantitative estimate of drug-likeness (QED) is 0.873. The minimum atomic E-state index is -1.01. The molecule has 2 N–H and O–H groups in total. The van der Waals surface area contributed by atoms with Crippen molar-refractivity contribution in [2.24, 2.45) is 5.92 Å². The topological polar surface area (TPSA) is 88.5 Å². The summed E-state index contributed by atoms with van der Waals surface area (Å²) < 4.78 is 5.35. The number of hydrogen-bond donors (Lipinski definition) is 2. The maximum atomic E-state index is 12.4. The second kappa shape index (κ2) is 7.40. The van der Waals surface area contributed by atoms with Crippen LogP contribution in [-0.2, 0) is 20.7 Å². The van der Waals surface area contributed by atoms with Gasteiger partial charge in [0.25, 0.3) is 0 Å². The van der Waals surface area contributed by atoms with Crippen LogP contribution in [0.1, 0.15) is 18.4 Å². The van der Waals surface area contributed by atoms with Crippen LogP contribution in [0, 0.1) is 5.92 Å². The average Bonchev–Trinajstić information content (AvgIpc) is 2.60. The maximum Gasteiger partial charge on any atom is 0.326 e. The van der Waals surface area contributed by atoms with Crippen LogP contribution < -0.4 is 5.32 Å². The van der Waals surface area contributed by atoms with E-state index in [-0.39, 0.29) is 18.2 Å². The van der Waals surface area contributed by atoms with E-state index in [1.807, 2.05) is 24.3 Å². The van der Waals surface area contributed by atoms with Gasteiger partial charge in [0.1, 0.15) is 6.04 Å². The largest absolute Gasteiger partial charge is 0.480 e. The van der Waals surface area contributed by atoms with Crippen molar-refractivity contribution in [3.63, 3.8) is 0 Å². The molecule has 0 bridgehead atoms. The zero-order valence-electron chi connectivity index (χ0n) is 13.3. The molecule has 24 heavy (non-hydrogen) atoms. The number of carboxylic acids is 1. The lowest BCUT2D eigenvalue weighted by Crippen LogP contribution is -2.48. The number of nitrogens with one attached hydrogen (secondary N) is 1. The monoisotopic (exact) mass is 328 g/mol. The number of ether oxygens (including phenoxy) is 1. The first-order chi connectivity index (χ1) is 11.6. The molecule has 1 fully saturated rings. The van der Waals surface area contributed by atoms with E-state index < -0.39 is 12.0 Å². The molecular formula is C18H20N2O4. The minimum Gasteiger partial charge on any atom is -0.480 e. The summed E-state index contributed by atoms with van der Waals surface area (Å²) >= 11 is 0. The highest BCUT2D eigenvalue weighted by Crippen LogP contribution is 2.20. The van der Waals surface area contributed by atoms with Gasteiger partial charge < -0.3 is 15.2 Å². The molecule has 2 atom stereocenters. The summed E-state index contributed by atoms with van der Waals surface area (Å²) in [6.07, 6.45) is 5.13. The Morgan fingerprint density at radius 3 is 3.00 bits per heavy atom. The lowest BCUT2D eigenvalue weighted by atomic mass is 9.93. The fourth-order valence-electron chi connectivity index (χ4n) is 3.15. The van der Waals surface area contributed by atoms with Gasteiger partial charge in [0.05, 0.1) is 13.0 Å². The Bertz CT molecular complexity index is 735. The SMILES string of the molecule is O=C(Cc1cccc2cnccc12)NC(C(=O)O)C1CCCOC1. The summed E-state index contributed by atoms with van der Waals surface area (Å²) in [5.74, 6) is -1.49. The standard InChI is InChI=1S/C18H20N2O4/c21-16(20-17(18(22)23)14-5-2-8-24-11-14)9-12-3-1-4-13-10-19-7-6-15(12)13/h1,3-4,6-7,10,14,17H,2,5,8-9,11H2,(H,20,21)(H,22,23). The Labute approximate surface area is 139 Å². The Hall–Kier alpha value is -2.47. The molecule has 6 heteroatoms. The fourth-order valence-corrected chi connectivity index (χ4v) is 3.15. The van der Waals surface area contributed by atoms with Crippen LogP contribution in [0.3, 0.4) is 0 Å². The summed E-state index contributed by atoms with van der Waals surface area (Å²) in [7, 11) is 0. The van der Waals surface area contributed by atoms with E-state index in [0.29, 0.717) is 13.2 Å². The Morgan fingerprint density at radius 2 is 2.25 bits per heavy atom. The first-order valence-electron chi connectivity index (χ1n) is 8.06. The molecule has 1 saturated heterocycles. The molecule has 0 spiro atoms. The number of hydrogen-bond acceptors (Lipinski definition) is 4. The molecule has 3 rings (SSSR count). The Balaban J connectivity index is 1.72. The lowest BCUT2D eigenvalue weighted by Gasteiger charge is -2.28. The van der Waals surface area contributed by atoms with E-state index in [1.54, 1.807) is 12.4 Å². The molecule has 0 saturated carbocycles. The van der Waals surface area contributed by atoms with Crippen molar-refractivity contribution >= 4 is 22.6 Å². The van der Waals surface area contributed by atoms with Gasteiger partial charge in [-0.25, -0.2) is 4.79 Å². The highest BCUT2D eigenvalue weighted by molar-refractivity contribution is 5.91. The first kappa shape index (κ1) is 16.4. The van der Waals surface area contributed by atoms with Gasteiger partial charge in [-0.15, -0.1) is 0 Å². The van der Waals surface area contributed by atoms with E-state index in [4.69, 9.17) is 4.74 Å². The van der Waals surface area contributed by atoms with Crippen molar-refractivity contribution in [2.45, 2.75) is 25.3 Å². The van der Waals surface area contributed by atoms with Crippen molar-refractivity contribution in [3.8, 4) is 0 Å². The van der Waals surface area contributed by atoms with Gasteiger partial charge in [-0.2, -0.15) is 0 Å². The molecule has 1 amide bonds. The van der Waals surface area contributed by atoms with E-state index in [1.165, 1.54) is 0 Å². The van der Waals surface area contributed by atoms with Crippen LogP contribution in [0.4, 0.5) is 0 Å². The smallest absolute Gasteiger partial charge is 0.326 e. The summed E-state index contributed by atoms with van der Waals surface area (Å²) in [4.78, 5) is 28.0. The number of fused-ring (bicyclic) bond motifs is 1. The molecular weight excluding hydrogens is 308 g/mol. The highest BCUT2D eigenvalue weighted by atomic mass is 16.5. The molecule has 2 unspecified atom stereocenters. The number of amides is 1. The highest BCUT2D eigenvalue weighted by Gasteiger charge is 2.31. The number of carboxylic acid groups (broad SMARTS) is 1. The molecule has 126 valence electrons. The van der Waals surface area contributed by atoms with Crippen LogP contribution in [-0.4, -0.2) is 41.2 Å². The molecule has 1 aliphatic heterocycles. The second-order valence-electron chi connectivity index (χ2n) is 6.05. The third-order valence-electron chi connectivity index (χ3n) is 4.37. The number of aromatic nitrogens is 1. The van der Waals surface area contributed by atoms with Gasteiger partial charge in [-0.3, -0.25) is 9.78 Å². The summed E-state index contributed by atoms with van der Waals surface area (Å²) in [6.45, 7) is 1.03. The van der Waals surface area contributed by atoms with Crippen LogP contribution >= 0.6 is 0 Å². The minimum absolute atomic E-state index is 0.138. The van der Waals surface area contributed by atoms with E-state index in [2.05, 4.69) is 10.3 Å². The van der Waals surface area contributed by atoms with Crippen molar-refractivity contribution in [1.29, 1.82) is 0 Å². The molecule has 1 aromatic heterocycles. The van der Waals surface area contributed by atoms with Crippen LogP contribution in [0.2, 0.25) is 0 Å². The number of carbonyl (C=O) groups excluding carboxylic acids is 1. The second-order valence-corrected chi connectivity index (χ2v) is 6.05. The van der Waals surface area contributed by atoms with Crippen molar-refractivity contribution in [3.05, 3.63) is 42.2 Å². The number of pyridine rings is 1. The van der Waals surface area contributed by atoms with E-state index in [9.17, 15) is 14.7 Å². The van der Waals surface area contributed by atoms with Crippen LogP contribution in [0.5, 0.6) is 0 Å². The zero-order valence-corrected chi connectivity index (χ0v) is 13.3. The molecule has 2 heterocycles. The predicted molar refractivity (Wildman–Crippen MR) is 88.6 cm³/mol. The summed E-state index contributed by atoms with van der Waals surface area (Å²) in [5.41, 5.74) is 0.858. The van der Waals surface area contributed by atoms with Gasteiger partial charge >= 0.3 is 5.97 Å². The third kappa shape index (κ3) is 3.71. The van der Waals surface area contributed by atoms with Gasteiger partial charge in [0, 0.05) is 30.3 Å². The van der Waals surface area contributed by atoms with Crippen molar-refractivity contribution in [2.75, 3.05) is 13.2 Å². The van der Waals surface area contributed by atoms with Crippen molar-refractivity contribution < 1.29 is 19.4 Å². The average molecular weight is 328 g/mol. The van der Waals surface area contributed by atoms with Crippen LogP contribution in [0.15, 0.2) is 36.7 Å². The lowest BCUT2D eigenvalue weighted by molar-refractivity contribution is -0.145. The molecule has 1 aromatic carbocycles. The molecule has 2 aromatic rings. The Morgan fingerprint density at radius 1 is 1.38 bits per heavy atom. The van der Waals surface area contributed by atoms with Gasteiger partial charge in [-0.1, -0.05) is 18.2 Å². The number of rotatable bonds is 5. The van der Waals surface area contributed by atoms with E-state index >= 15 is 0 Å². The fraction of sp³-hybridized carbons (Fsp3) is 0.389. The molecule has 0 radical (unpaired) electrons. The summed E-state index contributed by atoms with van der Waals surface area (Å²) in [5, 5.41) is 14.0. The third-order valence-corrected chi connectivity index (χ3v) is 4.37. The number of aliphatic carboxylic acids is 1. The maximum absolute atomic E-state index is 12.4. The molecule has 6 nitrogen and oxygen atoms in total. The van der Waals surface area contributed by atoms with Crippen molar-refractivity contribution in [1.82, 2.24) is 10.3 Å². The Kier molecular flexibility index (Phi) is 5.05. The predicted octanol–water partition coefficient (Wildman–Crippen LogP) is 1.77. The van der Waals surface area contributed by atoms with Crippen LogP contribution in [0.25, 0.3) is 10.8 Å². The molecule has 1 aliphatic rings. The number of carbonyl (C=O) groups is 2. The number of benzene rings is 1. The normalized spacial score (nSPS) is 18.9. The number of nitrogens with zero attached hydrogens (tertiary/aromatic N) is 1. The van der Waals surface area contributed by atoms with Gasteiger partial charge in [0.2, 0.25) is 5.91 Å². The summed E-state index contributed by atoms with van der Waals surface area (Å²) in [6, 6.07) is 6.64. The zero-order chi connectivity index (χ0) is 16.9. The van der Waals surface area contributed by atoms with Gasteiger partial charge in [0.15, 0.2) is 0 Å². The molecule has 0 aliphatic carbocycles. The first-order valence-corrected chi connectivity index (χ1v) is 8.06. The van der Waals surface area contributed by atoms with E-state index in [0.717, 1.165) is 29.2 Å².